The first-order valence-corrected chi connectivity index (χ1v) is 9.67. The molecule has 0 aliphatic rings. The molecule has 0 radical (unpaired) electrons. The first-order chi connectivity index (χ1) is 14.9. The standard InChI is InChI=1S/C21H24N8O2/c1-6-12-28-13-11-18(24-28)16(4)22-23-20(7-2)31-14-17-15(3)9-8-10-19(17)29-21(30)27(5)25-26-29/h8-13H,1,7,14H2,2-5H3. The Labute approximate surface area is 179 Å². The highest BCUT2D eigenvalue weighted by atomic mass is 16.5. The molecule has 3 aromatic rings. The Morgan fingerprint density at radius 2 is 2.10 bits per heavy atom. The summed E-state index contributed by atoms with van der Waals surface area (Å²) in [4.78, 5) is 12.3. The molecule has 10 nitrogen and oxygen atoms in total. The molecular formula is C21H24N8O2. The summed E-state index contributed by atoms with van der Waals surface area (Å²) >= 11 is 0. The Hall–Kier alpha value is -4.04. The third-order valence-corrected chi connectivity index (χ3v) is 4.54. The van der Waals surface area contributed by atoms with Crippen molar-refractivity contribution in [1.29, 1.82) is 0 Å². The molecule has 0 unspecified atom stereocenters. The molecule has 2 heterocycles. The van der Waals surface area contributed by atoms with Gasteiger partial charge in [0.25, 0.3) is 0 Å². The van der Waals surface area contributed by atoms with E-state index in [9.17, 15) is 4.79 Å². The Kier molecular flexibility index (Phi) is 6.74. The summed E-state index contributed by atoms with van der Waals surface area (Å²) in [5.41, 5.74) is 6.07. The minimum Gasteiger partial charge on any atom is -0.475 e. The topological polar surface area (TPSA) is 104 Å². The Balaban J connectivity index is 1.81. The number of aryl methyl sites for hydroxylation is 2. The van der Waals surface area contributed by atoms with Gasteiger partial charge in [-0.1, -0.05) is 25.6 Å². The van der Waals surface area contributed by atoms with Gasteiger partial charge in [0, 0.05) is 25.2 Å². The van der Waals surface area contributed by atoms with E-state index in [-0.39, 0.29) is 12.3 Å². The monoisotopic (exact) mass is 420 g/mol. The molecule has 1 aromatic carbocycles. The van der Waals surface area contributed by atoms with Gasteiger partial charge in [0.1, 0.15) is 12.3 Å². The van der Waals surface area contributed by atoms with Crippen LogP contribution in [-0.4, -0.2) is 41.2 Å². The van der Waals surface area contributed by atoms with Crippen LogP contribution in [0.15, 0.2) is 57.8 Å². The van der Waals surface area contributed by atoms with Gasteiger partial charge in [-0.2, -0.15) is 19.6 Å². The zero-order valence-electron chi connectivity index (χ0n) is 18.0. The van der Waals surface area contributed by atoms with Gasteiger partial charge in [0.05, 0.1) is 17.6 Å². The summed E-state index contributed by atoms with van der Waals surface area (Å²) in [6.07, 6.45) is 3.95. The second kappa shape index (κ2) is 9.64. The van der Waals surface area contributed by atoms with E-state index in [2.05, 4.69) is 38.0 Å². The van der Waals surface area contributed by atoms with Crippen molar-refractivity contribution in [2.75, 3.05) is 0 Å². The molecule has 2 aromatic heterocycles. The predicted molar refractivity (Wildman–Crippen MR) is 118 cm³/mol. The summed E-state index contributed by atoms with van der Waals surface area (Å²) in [5, 5.41) is 20.5. The number of hydrogen-bond donors (Lipinski definition) is 0. The van der Waals surface area contributed by atoms with E-state index in [1.807, 2.05) is 39.0 Å². The molecule has 0 N–H and O–H groups in total. The molecule has 0 fully saturated rings. The van der Waals surface area contributed by atoms with E-state index in [1.54, 1.807) is 30.2 Å². The van der Waals surface area contributed by atoms with Gasteiger partial charge in [-0.3, -0.25) is 0 Å². The highest BCUT2D eigenvalue weighted by molar-refractivity contribution is 5.97. The van der Waals surface area contributed by atoms with E-state index < -0.39 is 0 Å². The van der Waals surface area contributed by atoms with Crippen LogP contribution in [-0.2, 0) is 18.4 Å². The molecule has 0 atom stereocenters. The van der Waals surface area contributed by atoms with Crippen LogP contribution in [0.2, 0.25) is 0 Å². The van der Waals surface area contributed by atoms with E-state index in [4.69, 9.17) is 4.74 Å². The van der Waals surface area contributed by atoms with E-state index in [0.29, 0.717) is 29.4 Å². The first kappa shape index (κ1) is 21.7. The molecule has 0 amide bonds. The average Bonchev–Trinajstić information content (AvgIpc) is 3.36. The molecular weight excluding hydrogens is 396 g/mol. The summed E-state index contributed by atoms with van der Waals surface area (Å²) in [5.74, 6) is 0.463. The highest BCUT2D eigenvalue weighted by Crippen LogP contribution is 2.18. The molecule has 0 saturated carbocycles. The maximum atomic E-state index is 12.3. The zero-order valence-corrected chi connectivity index (χ0v) is 18.0. The lowest BCUT2D eigenvalue weighted by Gasteiger charge is -2.13. The third kappa shape index (κ3) is 4.93. The number of benzene rings is 1. The number of hydrogen-bond acceptors (Lipinski definition) is 7. The molecule has 0 saturated heterocycles. The van der Waals surface area contributed by atoms with Crippen molar-refractivity contribution in [3.8, 4) is 5.69 Å². The number of ether oxygens (including phenoxy) is 1. The van der Waals surface area contributed by atoms with Crippen LogP contribution in [0.3, 0.4) is 0 Å². The van der Waals surface area contributed by atoms with Gasteiger partial charge in [0.2, 0.25) is 5.90 Å². The van der Waals surface area contributed by atoms with Crippen LogP contribution in [0.5, 0.6) is 0 Å². The lowest BCUT2D eigenvalue weighted by molar-refractivity contribution is 0.282. The lowest BCUT2D eigenvalue weighted by atomic mass is 10.1. The molecule has 0 spiro atoms. The SMILES string of the molecule is C=C=Cn1ccc(C(C)=NN=C(CC)OCc2c(C)cccc2-n2nnn(C)c2=O)n1. The van der Waals surface area contributed by atoms with Crippen LogP contribution in [0.1, 0.15) is 37.1 Å². The number of nitrogens with zero attached hydrogens (tertiary/aromatic N) is 8. The fourth-order valence-corrected chi connectivity index (χ4v) is 2.77. The number of aromatic nitrogens is 6. The van der Waals surface area contributed by atoms with Crippen molar-refractivity contribution >= 4 is 17.8 Å². The predicted octanol–water partition coefficient (Wildman–Crippen LogP) is 2.48. The number of rotatable bonds is 7. The van der Waals surface area contributed by atoms with Crippen molar-refractivity contribution in [3.63, 3.8) is 0 Å². The molecule has 0 aliphatic heterocycles. The molecule has 160 valence electrons. The Morgan fingerprint density at radius 1 is 1.29 bits per heavy atom. The van der Waals surface area contributed by atoms with Crippen LogP contribution < -0.4 is 5.69 Å². The van der Waals surface area contributed by atoms with Gasteiger partial charge in [-0.25, -0.2) is 9.48 Å². The van der Waals surface area contributed by atoms with Crippen molar-refractivity contribution in [2.24, 2.45) is 17.3 Å². The largest absolute Gasteiger partial charge is 0.475 e. The van der Waals surface area contributed by atoms with Crippen molar-refractivity contribution in [2.45, 2.75) is 33.8 Å². The lowest BCUT2D eigenvalue weighted by Crippen LogP contribution is -2.23. The van der Waals surface area contributed by atoms with E-state index in [0.717, 1.165) is 11.1 Å². The highest BCUT2D eigenvalue weighted by Gasteiger charge is 2.14. The average molecular weight is 420 g/mol. The summed E-state index contributed by atoms with van der Waals surface area (Å²) in [6.45, 7) is 9.44. The minimum absolute atomic E-state index is 0.213. The Bertz CT molecular complexity index is 1240. The van der Waals surface area contributed by atoms with Gasteiger partial charge in [-0.15, -0.1) is 10.8 Å². The summed E-state index contributed by atoms with van der Waals surface area (Å²) in [7, 11) is 1.55. The summed E-state index contributed by atoms with van der Waals surface area (Å²) in [6, 6.07) is 7.44. The minimum atomic E-state index is -0.331. The van der Waals surface area contributed by atoms with Crippen LogP contribution in [0.25, 0.3) is 11.9 Å². The van der Waals surface area contributed by atoms with Crippen LogP contribution in [0, 0.1) is 6.92 Å². The Morgan fingerprint density at radius 3 is 2.77 bits per heavy atom. The smallest absolute Gasteiger partial charge is 0.368 e. The zero-order chi connectivity index (χ0) is 22.4. The molecule has 0 aliphatic carbocycles. The maximum absolute atomic E-state index is 12.3. The molecule has 3 rings (SSSR count). The molecule has 0 bridgehead atoms. The van der Waals surface area contributed by atoms with Crippen molar-refractivity contribution in [3.05, 3.63) is 70.1 Å². The van der Waals surface area contributed by atoms with Crippen molar-refractivity contribution in [1.82, 2.24) is 29.6 Å². The fraction of sp³-hybridized carbons (Fsp3) is 0.286. The van der Waals surface area contributed by atoms with E-state index in [1.165, 1.54) is 9.36 Å². The second-order valence-electron chi connectivity index (χ2n) is 6.71. The number of tetrazole rings is 1. The van der Waals surface area contributed by atoms with Crippen molar-refractivity contribution < 1.29 is 4.74 Å². The molecule has 10 heteroatoms. The van der Waals surface area contributed by atoms with Gasteiger partial charge in [-0.05, 0) is 42.0 Å². The van der Waals surface area contributed by atoms with Gasteiger partial charge in [0.15, 0.2) is 0 Å². The normalized spacial score (nSPS) is 12.0. The summed E-state index contributed by atoms with van der Waals surface area (Å²) < 4.78 is 9.94. The van der Waals surface area contributed by atoms with Gasteiger partial charge >= 0.3 is 5.69 Å². The molecule has 31 heavy (non-hydrogen) atoms. The van der Waals surface area contributed by atoms with Gasteiger partial charge < -0.3 is 4.74 Å². The van der Waals surface area contributed by atoms with E-state index >= 15 is 0 Å². The second-order valence-corrected chi connectivity index (χ2v) is 6.71. The fourth-order valence-electron chi connectivity index (χ4n) is 2.77. The first-order valence-electron chi connectivity index (χ1n) is 9.67. The maximum Gasteiger partial charge on any atom is 0.368 e. The third-order valence-electron chi connectivity index (χ3n) is 4.54. The quantitative estimate of drug-likeness (QED) is 0.253. The van der Waals surface area contributed by atoms with Crippen LogP contribution in [0.4, 0.5) is 0 Å². The van der Waals surface area contributed by atoms with Crippen LogP contribution >= 0.6 is 0 Å².